The summed E-state index contributed by atoms with van der Waals surface area (Å²) < 4.78 is 5.54. The summed E-state index contributed by atoms with van der Waals surface area (Å²) in [6, 6.07) is 19.3. The molecule has 174 valence electrons. The first-order valence-corrected chi connectivity index (χ1v) is 11.0. The fourth-order valence-electron chi connectivity index (χ4n) is 4.04. The van der Waals surface area contributed by atoms with Crippen LogP contribution >= 0.6 is 0 Å². The topological polar surface area (TPSA) is 118 Å². The smallest absolute Gasteiger partial charge is 0.411 e. The number of hydrogen-bond donors (Lipinski definition) is 3. The van der Waals surface area contributed by atoms with Crippen molar-refractivity contribution in [2.24, 2.45) is 5.92 Å². The minimum absolute atomic E-state index is 0.0268. The number of amides is 2. The Hall–Kier alpha value is -4.20. The number of carboxylic acids is 1. The molecule has 0 saturated carbocycles. The summed E-state index contributed by atoms with van der Waals surface area (Å²) in [5.41, 5.74) is 4.72. The maximum absolute atomic E-state index is 12.6. The summed E-state index contributed by atoms with van der Waals surface area (Å²) >= 11 is 0. The van der Waals surface area contributed by atoms with Crippen LogP contribution in [-0.4, -0.2) is 41.2 Å². The summed E-state index contributed by atoms with van der Waals surface area (Å²) in [5, 5.41) is 14.2. The highest BCUT2D eigenvalue weighted by molar-refractivity contribution is 6.00. The number of carbonyl (C=O) groups is 3. The van der Waals surface area contributed by atoms with E-state index in [9.17, 15) is 14.4 Å². The zero-order chi connectivity index (χ0) is 24.1. The zero-order valence-electron chi connectivity index (χ0n) is 18.7. The van der Waals surface area contributed by atoms with Gasteiger partial charge in [-0.2, -0.15) is 0 Å². The number of nitrogens with zero attached hydrogens (tertiary/aromatic N) is 1. The highest BCUT2D eigenvalue weighted by Gasteiger charge is 2.29. The quantitative estimate of drug-likeness (QED) is 0.463. The number of rotatable bonds is 8. The lowest BCUT2D eigenvalue weighted by molar-refractivity contribution is -0.141. The predicted octanol–water partition coefficient (Wildman–Crippen LogP) is 4.28. The molecule has 34 heavy (non-hydrogen) atoms. The average molecular weight is 460 g/mol. The summed E-state index contributed by atoms with van der Waals surface area (Å²) in [4.78, 5) is 40.1. The molecule has 2 aromatic carbocycles. The van der Waals surface area contributed by atoms with E-state index in [1.165, 1.54) is 6.20 Å². The second-order valence-corrected chi connectivity index (χ2v) is 8.13. The molecule has 1 aliphatic rings. The second kappa shape index (κ2) is 10.2. The van der Waals surface area contributed by atoms with Crippen LogP contribution in [0, 0.1) is 5.92 Å². The van der Waals surface area contributed by atoms with E-state index in [1.807, 2.05) is 36.4 Å². The van der Waals surface area contributed by atoms with E-state index in [4.69, 9.17) is 9.84 Å². The van der Waals surface area contributed by atoms with Crippen molar-refractivity contribution in [2.75, 3.05) is 18.5 Å². The van der Waals surface area contributed by atoms with Crippen molar-refractivity contribution >= 4 is 23.7 Å². The van der Waals surface area contributed by atoms with Gasteiger partial charge in [0, 0.05) is 18.7 Å². The van der Waals surface area contributed by atoms with Crippen molar-refractivity contribution in [3.05, 3.63) is 83.7 Å². The minimum Gasteiger partial charge on any atom is -0.481 e. The number of ether oxygens (including phenoxy) is 1. The first-order chi connectivity index (χ1) is 16.5. The molecular formula is C26H25N3O5. The molecule has 0 bridgehead atoms. The first-order valence-electron chi connectivity index (χ1n) is 11.0. The lowest BCUT2D eigenvalue weighted by Gasteiger charge is -2.15. The number of carbonyl (C=O) groups excluding carboxylic acids is 2. The molecular weight excluding hydrogens is 434 g/mol. The first kappa shape index (κ1) is 23.0. The molecule has 3 N–H and O–H groups in total. The summed E-state index contributed by atoms with van der Waals surface area (Å²) in [6.45, 7) is 1.89. The van der Waals surface area contributed by atoms with Crippen molar-refractivity contribution < 1.29 is 24.2 Å². The summed E-state index contributed by atoms with van der Waals surface area (Å²) in [7, 11) is 0. The number of aliphatic carboxylic acids is 1. The number of fused-ring (bicyclic) bond motifs is 3. The van der Waals surface area contributed by atoms with Gasteiger partial charge in [0.05, 0.1) is 11.6 Å². The van der Waals surface area contributed by atoms with Gasteiger partial charge in [-0.3, -0.25) is 14.9 Å². The third-order valence-corrected chi connectivity index (χ3v) is 5.89. The van der Waals surface area contributed by atoms with Crippen molar-refractivity contribution in [1.29, 1.82) is 0 Å². The Labute approximate surface area is 197 Å². The largest absolute Gasteiger partial charge is 0.481 e. The van der Waals surface area contributed by atoms with Crippen molar-refractivity contribution in [1.82, 2.24) is 10.3 Å². The second-order valence-electron chi connectivity index (χ2n) is 8.13. The van der Waals surface area contributed by atoms with Crippen LogP contribution in [-0.2, 0) is 9.53 Å². The number of carboxylic acid groups (broad SMARTS) is 1. The molecule has 1 unspecified atom stereocenters. The van der Waals surface area contributed by atoms with Crippen LogP contribution in [0.5, 0.6) is 0 Å². The Morgan fingerprint density at radius 2 is 1.65 bits per heavy atom. The number of hydrogen-bond acceptors (Lipinski definition) is 5. The molecule has 1 heterocycles. The standard InChI is InChI=1S/C26H25N3O5/c1-16(25(31)32)12-14-28-24(30)23-22(11-6-13-27-23)29-26(33)34-15-21-19-9-4-2-7-17(19)18-8-3-5-10-20(18)21/h2-11,13,16,21H,12,14-15H2,1H3,(H,28,30)(H,29,33)(H,31,32). The molecule has 2 amide bonds. The van der Waals surface area contributed by atoms with Gasteiger partial charge < -0.3 is 15.2 Å². The van der Waals surface area contributed by atoms with Crippen LogP contribution in [0.25, 0.3) is 11.1 Å². The van der Waals surface area contributed by atoms with Crippen LogP contribution < -0.4 is 10.6 Å². The molecule has 0 radical (unpaired) electrons. The van der Waals surface area contributed by atoms with Crippen LogP contribution in [0.4, 0.5) is 10.5 Å². The lowest BCUT2D eigenvalue weighted by atomic mass is 9.98. The fraction of sp³-hybridized carbons (Fsp3) is 0.231. The van der Waals surface area contributed by atoms with Crippen LogP contribution in [0.2, 0.25) is 0 Å². The molecule has 1 atom stereocenters. The predicted molar refractivity (Wildman–Crippen MR) is 127 cm³/mol. The van der Waals surface area contributed by atoms with Gasteiger partial charge in [0.2, 0.25) is 0 Å². The Balaban J connectivity index is 1.39. The van der Waals surface area contributed by atoms with E-state index < -0.39 is 23.9 Å². The molecule has 4 rings (SSSR count). The highest BCUT2D eigenvalue weighted by Crippen LogP contribution is 2.44. The number of nitrogens with one attached hydrogen (secondary N) is 2. The Bertz CT molecular complexity index is 1180. The molecule has 3 aromatic rings. The zero-order valence-corrected chi connectivity index (χ0v) is 18.7. The van der Waals surface area contributed by atoms with E-state index in [2.05, 4.69) is 27.8 Å². The van der Waals surface area contributed by atoms with Crippen LogP contribution in [0.15, 0.2) is 66.9 Å². The maximum atomic E-state index is 12.6. The van der Waals surface area contributed by atoms with Crippen molar-refractivity contribution in [2.45, 2.75) is 19.3 Å². The maximum Gasteiger partial charge on any atom is 0.411 e. The molecule has 0 spiro atoms. The third kappa shape index (κ3) is 4.91. The average Bonchev–Trinajstić information content (AvgIpc) is 3.16. The number of aromatic nitrogens is 1. The van der Waals surface area contributed by atoms with E-state index in [0.29, 0.717) is 0 Å². The van der Waals surface area contributed by atoms with Gasteiger partial charge in [0.15, 0.2) is 5.69 Å². The van der Waals surface area contributed by atoms with Crippen molar-refractivity contribution in [3.8, 4) is 11.1 Å². The molecule has 1 aromatic heterocycles. The Morgan fingerprint density at radius 1 is 1.00 bits per heavy atom. The SMILES string of the molecule is CC(CCNC(=O)c1ncccc1NC(=O)OCC1c2ccccc2-c2ccccc21)C(=O)O. The summed E-state index contributed by atoms with van der Waals surface area (Å²) in [5.74, 6) is -2.09. The van der Waals surface area contributed by atoms with E-state index >= 15 is 0 Å². The van der Waals surface area contributed by atoms with Crippen molar-refractivity contribution in [3.63, 3.8) is 0 Å². The molecule has 0 saturated heterocycles. The van der Waals surface area contributed by atoms with Crippen LogP contribution in [0.1, 0.15) is 40.9 Å². The molecule has 0 aliphatic heterocycles. The van der Waals surface area contributed by atoms with Gasteiger partial charge in [0.1, 0.15) is 6.61 Å². The Kier molecular flexibility index (Phi) is 6.87. The van der Waals surface area contributed by atoms with Gasteiger partial charge in [-0.05, 0) is 40.8 Å². The van der Waals surface area contributed by atoms with Gasteiger partial charge in [-0.25, -0.2) is 9.78 Å². The highest BCUT2D eigenvalue weighted by atomic mass is 16.5. The molecule has 0 fully saturated rings. The van der Waals surface area contributed by atoms with Gasteiger partial charge >= 0.3 is 12.1 Å². The fourth-order valence-corrected chi connectivity index (χ4v) is 4.04. The van der Waals surface area contributed by atoms with Gasteiger partial charge in [-0.1, -0.05) is 55.5 Å². The lowest BCUT2D eigenvalue weighted by Crippen LogP contribution is -2.29. The number of pyridine rings is 1. The number of anilines is 1. The Morgan fingerprint density at radius 3 is 2.29 bits per heavy atom. The minimum atomic E-state index is -0.926. The number of benzene rings is 2. The third-order valence-electron chi connectivity index (χ3n) is 5.89. The van der Waals surface area contributed by atoms with E-state index in [1.54, 1.807) is 19.1 Å². The van der Waals surface area contributed by atoms with Gasteiger partial charge in [-0.15, -0.1) is 0 Å². The van der Waals surface area contributed by atoms with E-state index in [-0.39, 0.29) is 36.9 Å². The molecule has 1 aliphatic carbocycles. The molecule has 8 heteroatoms. The normalized spacial score (nSPS) is 12.9. The van der Waals surface area contributed by atoms with Crippen LogP contribution in [0.3, 0.4) is 0 Å². The van der Waals surface area contributed by atoms with E-state index in [0.717, 1.165) is 22.3 Å². The van der Waals surface area contributed by atoms with Gasteiger partial charge in [0.25, 0.3) is 5.91 Å². The monoisotopic (exact) mass is 459 g/mol. The molecule has 8 nitrogen and oxygen atoms in total. The summed E-state index contributed by atoms with van der Waals surface area (Å²) in [6.07, 6.45) is 1.03.